The summed E-state index contributed by atoms with van der Waals surface area (Å²) < 4.78 is 3.75. The molecule has 0 saturated heterocycles. The van der Waals surface area contributed by atoms with Gasteiger partial charge in [-0.15, -0.1) is 10.2 Å². The Hall–Kier alpha value is -3.16. The molecule has 0 fully saturated rings. The molecule has 0 unspecified atom stereocenters. The number of fused-ring (bicyclic) bond motifs is 1. The third-order valence-electron chi connectivity index (χ3n) is 4.48. The first kappa shape index (κ1) is 19.6. The standard InChI is InChI=1S/C20H27N7O/c1-3-21-20(23-15-18-25-24-17-10-4-6-14-27(17)18)22-12-5-7-13-26-16(2)9-8-11-19(26)28/h4,6,8-11,14H,3,5,7,12-13,15H2,1-2H3,(H2,21,22,23). The van der Waals surface area contributed by atoms with Crippen molar-refractivity contribution in [2.75, 3.05) is 13.1 Å². The van der Waals surface area contributed by atoms with E-state index in [4.69, 9.17) is 0 Å². The topological polar surface area (TPSA) is 88.6 Å². The van der Waals surface area contributed by atoms with Gasteiger partial charge in [0.25, 0.3) is 5.56 Å². The van der Waals surface area contributed by atoms with Crippen molar-refractivity contribution >= 4 is 11.6 Å². The van der Waals surface area contributed by atoms with Crippen LogP contribution in [0.3, 0.4) is 0 Å². The second kappa shape index (κ2) is 9.68. The van der Waals surface area contributed by atoms with Gasteiger partial charge in [-0.05, 0) is 44.9 Å². The average molecular weight is 381 g/mol. The van der Waals surface area contributed by atoms with Crippen LogP contribution in [0.5, 0.6) is 0 Å². The molecule has 0 spiro atoms. The van der Waals surface area contributed by atoms with Crippen molar-refractivity contribution in [1.82, 2.24) is 29.8 Å². The van der Waals surface area contributed by atoms with E-state index in [0.717, 1.165) is 55.6 Å². The lowest BCUT2D eigenvalue weighted by molar-refractivity contribution is 0.575. The fourth-order valence-electron chi connectivity index (χ4n) is 3.00. The van der Waals surface area contributed by atoms with Crippen LogP contribution in [0.15, 0.2) is 52.4 Å². The first-order valence-corrected chi connectivity index (χ1v) is 9.66. The van der Waals surface area contributed by atoms with Gasteiger partial charge >= 0.3 is 0 Å². The summed E-state index contributed by atoms with van der Waals surface area (Å²) in [6, 6.07) is 11.2. The predicted molar refractivity (Wildman–Crippen MR) is 110 cm³/mol. The molecule has 3 heterocycles. The summed E-state index contributed by atoms with van der Waals surface area (Å²) in [4.78, 5) is 16.5. The third-order valence-corrected chi connectivity index (χ3v) is 4.48. The van der Waals surface area contributed by atoms with E-state index in [-0.39, 0.29) is 5.56 Å². The van der Waals surface area contributed by atoms with E-state index in [1.165, 1.54) is 0 Å². The number of hydrogen-bond donors (Lipinski definition) is 2. The van der Waals surface area contributed by atoms with E-state index in [2.05, 4.69) is 25.8 Å². The van der Waals surface area contributed by atoms with Crippen LogP contribution in [0.2, 0.25) is 0 Å². The van der Waals surface area contributed by atoms with Crippen LogP contribution in [0.1, 0.15) is 31.3 Å². The van der Waals surface area contributed by atoms with E-state index in [9.17, 15) is 4.79 Å². The summed E-state index contributed by atoms with van der Waals surface area (Å²) in [7, 11) is 0. The number of rotatable bonds is 8. The second-order valence-electron chi connectivity index (χ2n) is 6.53. The zero-order valence-corrected chi connectivity index (χ0v) is 16.4. The normalized spacial score (nSPS) is 11.7. The summed E-state index contributed by atoms with van der Waals surface area (Å²) in [6.45, 7) is 6.74. The lowest BCUT2D eigenvalue weighted by atomic mass is 10.3. The zero-order chi connectivity index (χ0) is 19.8. The van der Waals surface area contributed by atoms with Crippen LogP contribution < -0.4 is 16.2 Å². The van der Waals surface area contributed by atoms with Crippen LogP contribution in [-0.2, 0) is 13.1 Å². The molecule has 0 amide bonds. The van der Waals surface area contributed by atoms with Gasteiger partial charge in [0.1, 0.15) is 6.54 Å². The number of aromatic nitrogens is 4. The summed E-state index contributed by atoms with van der Waals surface area (Å²) in [5.41, 5.74) is 1.87. The largest absolute Gasteiger partial charge is 0.357 e. The maximum Gasteiger partial charge on any atom is 0.250 e. The Kier molecular flexibility index (Phi) is 6.78. The van der Waals surface area contributed by atoms with Crippen molar-refractivity contribution in [2.45, 2.75) is 39.8 Å². The summed E-state index contributed by atoms with van der Waals surface area (Å²) >= 11 is 0. The van der Waals surface area contributed by atoms with Crippen molar-refractivity contribution in [3.63, 3.8) is 0 Å². The molecule has 3 aromatic heterocycles. The number of unbranched alkanes of at least 4 members (excludes halogenated alkanes) is 1. The average Bonchev–Trinajstić information content (AvgIpc) is 3.11. The van der Waals surface area contributed by atoms with E-state index < -0.39 is 0 Å². The van der Waals surface area contributed by atoms with Gasteiger partial charge in [0.2, 0.25) is 0 Å². The number of pyridine rings is 2. The van der Waals surface area contributed by atoms with Crippen LogP contribution >= 0.6 is 0 Å². The van der Waals surface area contributed by atoms with E-state index >= 15 is 0 Å². The highest BCUT2D eigenvalue weighted by Crippen LogP contribution is 2.04. The predicted octanol–water partition coefficient (Wildman–Crippen LogP) is 1.73. The van der Waals surface area contributed by atoms with Gasteiger partial charge in [-0.25, -0.2) is 4.99 Å². The van der Waals surface area contributed by atoms with E-state index in [0.29, 0.717) is 6.54 Å². The summed E-state index contributed by atoms with van der Waals surface area (Å²) in [5.74, 6) is 1.55. The minimum Gasteiger partial charge on any atom is -0.357 e. The second-order valence-corrected chi connectivity index (χ2v) is 6.53. The molecule has 3 aromatic rings. The SMILES string of the molecule is CCNC(=NCc1nnc2ccccn12)NCCCCn1c(C)cccc1=O. The molecular weight excluding hydrogens is 354 g/mol. The highest BCUT2D eigenvalue weighted by Gasteiger charge is 2.05. The Morgan fingerprint density at radius 3 is 2.82 bits per heavy atom. The van der Waals surface area contributed by atoms with Gasteiger partial charge in [-0.1, -0.05) is 12.1 Å². The van der Waals surface area contributed by atoms with Crippen molar-refractivity contribution in [3.05, 3.63) is 64.5 Å². The highest BCUT2D eigenvalue weighted by molar-refractivity contribution is 5.79. The van der Waals surface area contributed by atoms with Gasteiger partial charge in [0.05, 0.1) is 0 Å². The molecule has 0 aliphatic heterocycles. The Labute approximate surface area is 164 Å². The van der Waals surface area contributed by atoms with Gasteiger partial charge in [0.15, 0.2) is 17.4 Å². The number of guanidine groups is 1. The van der Waals surface area contributed by atoms with Gasteiger partial charge in [-0.2, -0.15) is 0 Å². The van der Waals surface area contributed by atoms with Crippen LogP contribution in [-0.4, -0.2) is 38.2 Å². The molecule has 0 atom stereocenters. The number of hydrogen-bond acceptors (Lipinski definition) is 4. The number of aliphatic imine (C=N–C) groups is 1. The first-order chi connectivity index (χ1) is 13.7. The monoisotopic (exact) mass is 381 g/mol. The fraction of sp³-hybridized carbons (Fsp3) is 0.400. The molecule has 0 radical (unpaired) electrons. The minimum atomic E-state index is 0.0587. The van der Waals surface area contributed by atoms with E-state index in [1.807, 2.05) is 53.3 Å². The Morgan fingerprint density at radius 1 is 1.11 bits per heavy atom. The number of nitrogens with zero attached hydrogens (tertiary/aromatic N) is 5. The lowest BCUT2D eigenvalue weighted by Gasteiger charge is -2.12. The molecule has 0 aromatic carbocycles. The third kappa shape index (κ3) is 4.97. The molecule has 2 N–H and O–H groups in total. The van der Waals surface area contributed by atoms with E-state index in [1.54, 1.807) is 12.1 Å². The van der Waals surface area contributed by atoms with Gasteiger partial charge < -0.3 is 15.2 Å². The molecule has 0 saturated carbocycles. The smallest absolute Gasteiger partial charge is 0.250 e. The Balaban J connectivity index is 1.50. The molecule has 28 heavy (non-hydrogen) atoms. The molecule has 148 valence electrons. The fourth-order valence-corrected chi connectivity index (χ4v) is 3.00. The van der Waals surface area contributed by atoms with Crippen LogP contribution in [0.25, 0.3) is 5.65 Å². The van der Waals surface area contributed by atoms with Gasteiger partial charge in [0, 0.05) is 37.6 Å². The molecule has 8 heteroatoms. The maximum atomic E-state index is 11.9. The number of nitrogens with one attached hydrogen (secondary N) is 2. The lowest BCUT2D eigenvalue weighted by Crippen LogP contribution is -2.37. The number of aryl methyl sites for hydroxylation is 1. The van der Waals surface area contributed by atoms with Gasteiger partial charge in [-0.3, -0.25) is 9.20 Å². The quantitative estimate of drug-likeness (QED) is 0.352. The molecule has 3 rings (SSSR count). The van der Waals surface area contributed by atoms with Crippen molar-refractivity contribution in [3.8, 4) is 0 Å². The molecule has 8 nitrogen and oxygen atoms in total. The first-order valence-electron chi connectivity index (χ1n) is 9.66. The molecular formula is C20H27N7O. The molecule has 0 aliphatic rings. The summed E-state index contributed by atoms with van der Waals surface area (Å²) in [5, 5.41) is 14.9. The molecule has 0 bridgehead atoms. The van der Waals surface area contributed by atoms with Crippen molar-refractivity contribution in [1.29, 1.82) is 0 Å². The highest BCUT2D eigenvalue weighted by atomic mass is 16.1. The zero-order valence-electron chi connectivity index (χ0n) is 16.4. The minimum absolute atomic E-state index is 0.0587. The maximum absolute atomic E-state index is 11.9. The molecule has 0 aliphatic carbocycles. The Morgan fingerprint density at radius 2 is 2.00 bits per heavy atom. The van der Waals surface area contributed by atoms with Crippen LogP contribution in [0, 0.1) is 6.92 Å². The Bertz CT molecular complexity index is 989. The van der Waals surface area contributed by atoms with Crippen molar-refractivity contribution in [2.24, 2.45) is 4.99 Å². The van der Waals surface area contributed by atoms with Crippen molar-refractivity contribution < 1.29 is 0 Å². The van der Waals surface area contributed by atoms with Crippen LogP contribution in [0.4, 0.5) is 0 Å². The summed E-state index contributed by atoms with van der Waals surface area (Å²) in [6.07, 6.45) is 3.80.